The van der Waals surface area contributed by atoms with E-state index in [-0.39, 0.29) is 65.9 Å². The summed E-state index contributed by atoms with van der Waals surface area (Å²) >= 11 is 0. The van der Waals surface area contributed by atoms with Gasteiger partial charge in [0.2, 0.25) is 0 Å². The summed E-state index contributed by atoms with van der Waals surface area (Å²) in [7, 11) is 6.88. The summed E-state index contributed by atoms with van der Waals surface area (Å²) in [6.45, 7) is 5.40. The van der Waals surface area contributed by atoms with Crippen LogP contribution in [0, 0.1) is 40.4 Å². The van der Waals surface area contributed by atoms with Gasteiger partial charge in [0.25, 0.3) is 0 Å². The third-order valence-corrected chi connectivity index (χ3v) is 13.0. The number of likely N-dealkylation sites (tertiary alicyclic amines) is 1. The first-order valence-electron chi connectivity index (χ1n) is 16.1. The second-order valence-corrected chi connectivity index (χ2v) is 14.1. The van der Waals surface area contributed by atoms with Crippen LogP contribution in [-0.4, -0.2) is 112 Å². The summed E-state index contributed by atoms with van der Waals surface area (Å²) in [6, 6.07) is 9.02. The summed E-state index contributed by atoms with van der Waals surface area (Å²) in [4.78, 5) is 29.4. The van der Waals surface area contributed by atoms with Gasteiger partial charge < -0.3 is 33.5 Å². The van der Waals surface area contributed by atoms with Crippen LogP contribution in [0.2, 0.25) is 0 Å². The van der Waals surface area contributed by atoms with Crippen LogP contribution >= 0.6 is 0 Å². The molecule has 6 fully saturated rings. The number of rotatable bonds is 9. The largest absolute Gasteiger partial charge is 0.458 e. The standard InChI is InChI=1S/C34H47NO9/c1-7-35-16-32(17-39-3)23(37)14-24(41-5)34-21-13-20-22(40-4)15-33(44-18(2)36,26(30(34)35)28(42-6)29(32)34)25(21)27(20)43-31(38)19-11-9-8-10-12-19/h8-12,20-30,37H,7,13-17H2,1-6H3/t20-,21+,22-,23+,24-,25+,26-,27-,28-,29+,30-,32-,33+,34-/m0/s1. The zero-order chi connectivity index (χ0) is 31.2. The van der Waals surface area contributed by atoms with Gasteiger partial charge in [0.15, 0.2) is 0 Å². The molecule has 0 amide bonds. The molecule has 1 heterocycles. The lowest BCUT2D eigenvalue weighted by atomic mass is 9.42. The summed E-state index contributed by atoms with van der Waals surface area (Å²) in [5.74, 6) is -1.57. The molecule has 242 valence electrons. The van der Waals surface area contributed by atoms with Gasteiger partial charge >= 0.3 is 11.9 Å². The van der Waals surface area contributed by atoms with E-state index < -0.39 is 28.6 Å². The average molecular weight is 614 g/mol. The molecular formula is C34H47NO9. The van der Waals surface area contributed by atoms with Crippen LogP contribution in [-0.2, 0) is 33.2 Å². The van der Waals surface area contributed by atoms with Crippen LogP contribution in [0.25, 0.3) is 0 Å². The molecule has 1 spiro atoms. The Balaban J connectivity index is 1.48. The highest BCUT2D eigenvalue weighted by molar-refractivity contribution is 5.89. The second-order valence-electron chi connectivity index (χ2n) is 14.1. The lowest BCUT2D eigenvalue weighted by Crippen LogP contribution is -2.79. The minimum Gasteiger partial charge on any atom is -0.458 e. The maximum absolute atomic E-state index is 13.7. The van der Waals surface area contributed by atoms with Gasteiger partial charge in [-0.05, 0) is 31.0 Å². The monoisotopic (exact) mass is 613 g/mol. The molecule has 0 aromatic heterocycles. The van der Waals surface area contributed by atoms with Crippen LogP contribution < -0.4 is 0 Å². The molecule has 7 rings (SSSR count). The van der Waals surface area contributed by atoms with Crippen LogP contribution in [0.15, 0.2) is 30.3 Å². The molecule has 10 nitrogen and oxygen atoms in total. The first-order valence-corrected chi connectivity index (χ1v) is 16.1. The van der Waals surface area contributed by atoms with E-state index in [4.69, 9.17) is 28.4 Å². The molecular weight excluding hydrogens is 566 g/mol. The van der Waals surface area contributed by atoms with Gasteiger partial charge in [0.05, 0.1) is 36.6 Å². The Hall–Kier alpha value is -2.08. The lowest BCUT2D eigenvalue weighted by Gasteiger charge is -2.70. The summed E-state index contributed by atoms with van der Waals surface area (Å²) in [5.41, 5.74) is -1.61. The zero-order valence-electron chi connectivity index (χ0n) is 26.6. The minimum atomic E-state index is -1.01. The minimum absolute atomic E-state index is 0.0367. The molecule has 5 saturated carbocycles. The SMILES string of the molecule is CCN1C[C@]2(COC)[C@H](O)C[C@H](OC)[C@@]34[C@@H]5C[C@@H]6[C@H](OC(=O)c7ccccc7)[C@@H]5[C@](OC(C)=O)(C[C@@H]6OC)[C@@H]([C@H](OC)[C@H]23)[C@H]14. The van der Waals surface area contributed by atoms with Crippen molar-refractivity contribution in [3.05, 3.63) is 35.9 Å². The summed E-state index contributed by atoms with van der Waals surface area (Å²) < 4.78 is 38.3. The second kappa shape index (κ2) is 10.7. The molecule has 1 N–H and O–H groups in total. The number of fused-ring (bicyclic) bond motifs is 2. The lowest BCUT2D eigenvalue weighted by molar-refractivity contribution is -0.297. The Kier molecular flexibility index (Phi) is 7.46. The smallest absolute Gasteiger partial charge is 0.338 e. The Morgan fingerprint density at radius 1 is 1.00 bits per heavy atom. The van der Waals surface area contributed by atoms with E-state index >= 15 is 0 Å². The van der Waals surface area contributed by atoms with Gasteiger partial charge in [-0.15, -0.1) is 0 Å². The molecule has 1 saturated heterocycles. The van der Waals surface area contributed by atoms with Crippen molar-refractivity contribution in [3.8, 4) is 0 Å². The van der Waals surface area contributed by atoms with Crippen LogP contribution in [0.1, 0.15) is 43.5 Å². The normalized spacial score (nSPS) is 48.2. The molecule has 1 aromatic rings. The first-order chi connectivity index (χ1) is 21.2. The van der Waals surface area contributed by atoms with E-state index in [1.807, 2.05) is 18.2 Å². The highest BCUT2D eigenvalue weighted by atomic mass is 16.6. The van der Waals surface area contributed by atoms with Gasteiger partial charge in [-0.3, -0.25) is 9.69 Å². The van der Waals surface area contributed by atoms with Gasteiger partial charge in [-0.1, -0.05) is 25.1 Å². The number of hydrogen-bond donors (Lipinski definition) is 1. The number of benzene rings is 1. The number of carbonyl (C=O) groups is 2. The van der Waals surface area contributed by atoms with Crippen molar-refractivity contribution in [2.75, 3.05) is 48.1 Å². The van der Waals surface area contributed by atoms with Gasteiger partial charge in [-0.25, -0.2) is 4.79 Å². The van der Waals surface area contributed by atoms with Crippen molar-refractivity contribution >= 4 is 11.9 Å². The quantitative estimate of drug-likeness (QED) is 0.417. The van der Waals surface area contributed by atoms with Crippen molar-refractivity contribution in [2.24, 2.45) is 40.4 Å². The molecule has 10 heteroatoms. The average Bonchev–Trinajstić information content (AvgIpc) is 3.44. The van der Waals surface area contributed by atoms with Gasteiger partial charge in [0, 0.05) is 95.3 Å². The molecule has 6 aliphatic rings. The van der Waals surface area contributed by atoms with Crippen molar-refractivity contribution in [2.45, 2.75) is 75.3 Å². The van der Waals surface area contributed by atoms with Gasteiger partial charge in [0.1, 0.15) is 11.7 Å². The van der Waals surface area contributed by atoms with Crippen LogP contribution in [0.3, 0.4) is 0 Å². The van der Waals surface area contributed by atoms with Crippen molar-refractivity contribution in [1.82, 2.24) is 4.90 Å². The first kappa shape index (κ1) is 30.6. The number of hydrogen-bond acceptors (Lipinski definition) is 10. The van der Waals surface area contributed by atoms with Gasteiger partial charge in [-0.2, -0.15) is 0 Å². The highest BCUT2D eigenvalue weighted by Gasteiger charge is 2.89. The van der Waals surface area contributed by atoms with Crippen molar-refractivity contribution < 1.29 is 43.1 Å². The summed E-state index contributed by atoms with van der Waals surface area (Å²) in [6.07, 6.45) is -0.424. The van der Waals surface area contributed by atoms with E-state index in [9.17, 15) is 14.7 Å². The fourth-order valence-electron chi connectivity index (χ4n) is 12.2. The number of esters is 2. The molecule has 1 aromatic carbocycles. The summed E-state index contributed by atoms with van der Waals surface area (Å²) in [5, 5.41) is 12.0. The number of carbonyl (C=O) groups excluding carboxylic acids is 2. The van der Waals surface area contributed by atoms with E-state index in [0.717, 1.165) is 13.0 Å². The Morgan fingerprint density at radius 3 is 2.36 bits per heavy atom. The van der Waals surface area contributed by atoms with E-state index in [0.29, 0.717) is 31.6 Å². The van der Waals surface area contributed by atoms with Crippen molar-refractivity contribution in [1.29, 1.82) is 0 Å². The third-order valence-electron chi connectivity index (χ3n) is 13.0. The van der Waals surface area contributed by atoms with Crippen LogP contribution in [0.4, 0.5) is 0 Å². The zero-order valence-corrected chi connectivity index (χ0v) is 26.6. The molecule has 5 aliphatic carbocycles. The molecule has 0 radical (unpaired) electrons. The van der Waals surface area contributed by atoms with Crippen molar-refractivity contribution in [3.63, 3.8) is 0 Å². The number of aliphatic hydroxyl groups is 1. The van der Waals surface area contributed by atoms with E-state index in [1.54, 1.807) is 40.6 Å². The number of nitrogens with zero attached hydrogens (tertiary/aromatic N) is 1. The van der Waals surface area contributed by atoms with E-state index in [2.05, 4.69) is 11.8 Å². The predicted molar refractivity (Wildman–Crippen MR) is 158 cm³/mol. The molecule has 1 aliphatic heterocycles. The third kappa shape index (κ3) is 3.64. The van der Waals surface area contributed by atoms with E-state index in [1.165, 1.54) is 6.92 Å². The predicted octanol–water partition coefficient (Wildman–Crippen LogP) is 2.56. The topological polar surface area (TPSA) is 113 Å². The fourth-order valence-corrected chi connectivity index (χ4v) is 12.2. The number of ether oxygens (including phenoxy) is 6. The Labute approximate surface area is 259 Å². The fraction of sp³-hybridized carbons (Fsp3) is 0.765. The number of aliphatic hydroxyl groups excluding tert-OH is 1. The maximum atomic E-state index is 13.7. The Morgan fingerprint density at radius 2 is 1.75 bits per heavy atom. The molecule has 44 heavy (non-hydrogen) atoms. The molecule has 0 unspecified atom stereocenters. The molecule has 14 atom stereocenters. The molecule has 7 bridgehead atoms. The Bertz CT molecular complexity index is 1280. The highest BCUT2D eigenvalue weighted by Crippen LogP contribution is 2.80. The number of methoxy groups -OCH3 is 4. The maximum Gasteiger partial charge on any atom is 0.338 e. The number of piperidine rings is 1. The van der Waals surface area contributed by atoms with Crippen LogP contribution in [0.5, 0.6) is 0 Å².